The van der Waals surface area contributed by atoms with E-state index in [1.165, 1.54) is 12.1 Å². The summed E-state index contributed by atoms with van der Waals surface area (Å²) < 4.78 is 1.11. The standard InChI is InChI=1S/C12H17IN2O5/c13-8-9(16)14-7-3-1-2-4-12(19)20-15-10(17)5-6-11(15)18/h5-6,17-18H,1-4,7-8H2,(H,14,16). The smallest absolute Gasteiger partial charge is 0.333 e. The molecule has 0 radical (unpaired) electrons. The molecule has 0 saturated carbocycles. The average Bonchev–Trinajstić information content (AvgIpc) is 2.74. The number of aromatic hydroxyl groups is 2. The van der Waals surface area contributed by atoms with Crippen LogP contribution in [0, 0.1) is 0 Å². The lowest BCUT2D eigenvalue weighted by Crippen LogP contribution is -2.25. The molecule has 0 spiro atoms. The number of carbonyl (C=O) groups is 2. The van der Waals surface area contributed by atoms with Crippen LogP contribution in [0.3, 0.4) is 0 Å². The first-order valence-corrected chi connectivity index (χ1v) is 7.70. The van der Waals surface area contributed by atoms with E-state index in [9.17, 15) is 19.8 Å². The third-order valence-electron chi connectivity index (χ3n) is 2.49. The molecule has 0 aliphatic heterocycles. The zero-order valence-corrected chi connectivity index (χ0v) is 13.0. The van der Waals surface area contributed by atoms with E-state index in [-0.39, 0.29) is 24.1 Å². The molecule has 1 rings (SSSR count). The van der Waals surface area contributed by atoms with Crippen molar-refractivity contribution in [1.82, 2.24) is 10.0 Å². The highest BCUT2D eigenvalue weighted by atomic mass is 127. The fourth-order valence-corrected chi connectivity index (χ4v) is 1.76. The van der Waals surface area contributed by atoms with Crippen LogP contribution in [0.4, 0.5) is 0 Å². The van der Waals surface area contributed by atoms with Crippen LogP contribution >= 0.6 is 22.6 Å². The molecule has 3 N–H and O–H groups in total. The van der Waals surface area contributed by atoms with E-state index in [0.717, 1.165) is 12.8 Å². The summed E-state index contributed by atoms with van der Waals surface area (Å²) in [5.41, 5.74) is 0. The van der Waals surface area contributed by atoms with Crippen molar-refractivity contribution in [2.45, 2.75) is 25.7 Å². The summed E-state index contributed by atoms with van der Waals surface area (Å²) in [6, 6.07) is 2.44. The van der Waals surface area contributed by atoms with Crippen LogP contribution in [-0.2, 0) is 9.59 Å². The Kier molecular flexibility index (Phi) is 7.20. The molecule has 0 saturated heterocycles. The van der Waals surface area contributed by atoms with Crippen LogP contribution in [0.5, 0.6) is 11.8 Å². The van der Waals surface area contributed by atoms with Gasteiger partial charge < -0.3 is 20.4 Å². The van der Waals surface area contributed by atoms with Gasteiger partial charge in [0.2, 0.25) is 17.7 Å². The molecule has 1 amide bonds. The molecule has 0 fully saturated rings. The Morgan fingerprint density at radius 2 is 1.85 bits per heavy atom. The number of hydrogen-bond acceptors (Lipinski definition) is 5. The Morgan fingerprint density at radius 1 is 1.20 bits per heavy atom. The highest BCUT2D eigenvalue weighted by Gasteiger charge is 2.11. The third-order valence-corrected chi connectivity index (χ3v) is 3.18. The zero-order valence-electron chi connectivity index (χ0n) is 10.8. The van der Waals surface area contributed by atoms with E-state index >= 15 is 0 Å². The number of halogens is 1. The van der Waals surface area contributed by atoms with E-state index in [1.54, 1.807) is 0 Å². The van der Waals surface area contributed by atoms with Crippen LogP contribution in [0.1, 0.15) is 25.7 Å². The number of nitrogens with zero attached hydrogens (tertiary/aromatic N) is 1. The van der Waals surface area contributed by atoms with Gasteiger partial charge in [-0.1, -0.05) is 29.0 Å². The van der Waals surface area contributed by atoms with Gasteiger partial charge in [-0.15, -0.1) is 4.73 Å². The summed E-state index contributed by atoms with van der Waals surface area (Å²) in [6.07, 6.45) is 2.36. The van der Waals surface area contributed by atoms with Gasteiger partial charge >= 0.3 is 5.97 Å². The second-order valence-electron chi connectivity index (χ2n) is 4.10. The first-order valence-electron chi connectivity index (χ1n) is 6.18. The van der Waals surface area contributed by atoms with E-state index in [2.05, 4.69) is 5.32 Å². The molecular weight excluding hydrogens is 379 g/mol. The topological polar surface area (TPSA) is 101 Å². The zero-order chi connectivity index (χ0) is 15.0. The number of amides is 1. The minimum absolute atomic E-state index is 0.00330. The van der Waals surface area contributed by atoms with Crippen LogP contribution in [0.2, 0.25) is 0 Å². The number of hydrogen-bond donors (Lipinski definition) is 3. The minimum atomic E-state index is -0.539. The molecule has 0 bridgehead atoms. The number of carbonyl (C=O) groups excluding carboxylic acids is 2. The Hall–Kier alpha value is -1.45. The van der Waals surface area contributed by atoms with E-state index < -0.39 is 5.97 Å². The van der Waals surface area contributed by atoms with Gasteiger partial charge in [-0.2, -0.15) is 0 Å². The van der Waals surface area contributed by atoms with Crippen LogP contribution in [-0.4, -0.2) is 37.8 Å². The van der Waals surface area contributed by atoms with Gasteiger partial charge in [-0.25, -0.2) is 4.79 Å². The molecule has 1 heterocycles. The number of alkyl halides is 1. The molecule has 0 aromatic carbocycles. The number of nitrogens with one attached hydrogen (secondary N) is 1. The first kappa shape index (κ1) is 16.6. The monoisotopic (exact) mass is 396 g/mol. The molecule has 7 nitrogen and oxygen atoms in total. The molecule has 8 heteroatoms. The summed E-state index contributed by atoms with van der Waals surface area (Å²) >= 11 is 1.99. The predicted molar refractivity (Wildman–Crippen MR) is 79.7 cm³/mol. The molecule has 0 aliphatic carbocycles. The van der Waals surface area contributed by atoms with Crippen LogP contribution in [0.25, 0.3) is 0 Å². The number of aromatic nitrogens is 1. The van der Waals surface area contributed by atoms with Gasteiger partial charge in [0.25, 0.3) is 0 Å². The second-order valence-corrected chi connectivity index (χ2v) is 4.86. The lowest BCUT2D eigenvalue weighted by molar-refractivity contribution is -0.145. The van der Waals surface area contributed by atoms with Crippen molar-refractivity contribution < 1.29 is 24.6 Å². The van der Waals surface area contributed by atoms with E-state index in [0.29, 0.717) is 22.1 Å². The van der Waals surface area contributed by atoms with Crippen molar-refractivity contribution in [3.8, 4) is 11.8 Å². The summed E-state index contributed by atoms with van der Waals surface area (Å²) in [5.74, 6) is -1.21. The maximum Gasteiger partial charge on any atom is 0.333 e. The summed E-state index contributed by atoms with van der Waals surface area (Å²) in [7, 11) is 0. The van der Waals surface area contributed by atoms with E-state index in [4.69, 9.17) is 4.84 Å². The highest BCUT2D eigenvalue weighted by Crippen LogP contribution is 2.18. The number of unbranched alkanes of at least 4 members (excludes halogenated alkanes) is 2. The Morgan fingerprint density at radius 3 is 2.45 bits per heavy atom. The van der Waals surface area contributed by atoms with Crippen molar-refractivity contribution in [1.29, 1.82) is 0 Å². The molecular formula is C12H17IN2O5. The molecule has 0 aliphatic rings. The molecule has 1 aromatic rings. The van der Waals surface area contributed by atoms with Crippen molar-refractivity contribution in [3.63, 3.8) is 0 Å². The van der Waals surface area contributed by atoms with Crippen molar-refractivity contribution in [3.05, 3.63) is 12.1 Å². The minimum Gasteiger partial charge on any atom is -0.492 e. The molecule has 20 heavy (non-hydrogen) atoms. The van der Waals surface area contributed by atoms with Gasteiger partial charge in [0.1, 0.15) is 0 Å². The van der Waals surface area contributed by atoms with E-state index in [1.807, 2.05) is 22.6 Å². The maximum atomic E-state index is 11.5. The quantitative estimate of drug-likeness (QED) is 0.345. The summed E-state index contributed by atoms with van der Waals surface area (Å²) in [5, 5.41) is 21.3. The van der Waals surface area contributed by atoms with Crippen molar-refractivity contribution in [2.24, 2.45) is 0 Å². The molecule has 0 unspecified atom stereocenters. The Balaban J connectivity index is 2.13. The average molecular weight is 396 g/mol. The fraction of sp³-hybridized carbons (Fsp3) is 0.500. The SMILES string of the molecule is O=C(CI)NCCCCCC(=O)On1c(O)ccc1O. The largest absolute Gasteiger partial charge is 0.492 e. The van der Waals surface area contributed by atoms with Gasteiger partial charge in [0, 0.05) is 25.1 Å². The lowest BCUT2D eigenvalue weighted by atomic mass is 10.2. The normalized spacial score (nSPS) is 10.2. The Labute approximate surface area is 130 Å². The number of rotatable bonds is 8. The molecule has 1 aromatic heterocycles. The predicted octanol–water partition coefficient (Wildman–Crippen LogP) is 0.966. The summed E-state index contributed by atoms with van der Waals surface area (Å²) in [6.45, 7) is 0.593. The van der Waals surface area contributed by atoms with Crippen LogP contribution < -0.4 is 10.2 Å². The highest BCUT2D eigenvalue weighted by molar-refractivity contribution is 14.1. The maximum absolute atomic E-state index is 11.5. The third kappa shape index (κ3) is 5.68. The van der Waals surface area contributed by atoms with Gasteiger partial charge in [0.05, 0.1) is 4.43 Å². The Bertz CT molecular complexity index is 441. The fourth-order valence-electron chi connectivity index (χ4n) is 1.49. The van der Waals surface area contributed by atoms with Crippen molar-refractivity contribution >= 4 is 34.5 Å². The second kappa shape index (κ2) is 8.67. The summed E-state index contributed by atoms with van der Waals surface area (Å²) in [4.78, 5) is 27.2. The molecule has 0 atom stereocenters. The molecule has 112 valence electrons. The van der Waals surface area contributed by atoms with Gasteiger partial charge in [-0.05, 0) is 12.8 Å². The van der Waals surface area contributed by atoms with Gasteiger partial charge in [-0.3, -0.25) is 4.79 Å². The first-order chi connectivity index (χ1) is 9.54. The van der Waals surface area contributed by atoms with Gasteiger partial charge in [0.15, 0.2) is 0 Å². The van der Waals surface area contributed by atoms with Crippen LogP contribution in [0.15, 0.2) is 12.1 Å². The lowest BCUT2D eigenvalue weighted by Gasteiger charge is -2.07. The van der Waals surface area contributed by atoms with Crippen molar-refractivity contribution in [2.75, 3.05) is 11.0 Å².